The second-order valence-electron chi connectivity index (χ2n) is 5.50. The molecule has 0 unspecified atom stereocenters. The predicted molar refractivity (Wildman–Crippen MR) is 97.3 cm³/mol. The molecule has 1 N–H and O–H groups in total. The van der Waals surface area contributed by atoms with Crippen LogP contribution in [0.2, 0.25) is 0 Å². The van der Waals surface area contributed by atoms with Gasteiger partial charge in [0.05, 0.1) is 11.4 Å². The van der Waals surface area contributed by atoms with Gasteiger partial charge in [0.2, 0.25) is 5.91 Å². The highest BCUT2D eigenvalue weighted by Crippen LogP contribution is 2.25. The van der Waals surface area contributed by atoms with Crippen molar-refractivity contribution in [2.45, 2.75) is 25.0 Å². The van der Waals surface area contributed by atoms with Gasteiger partial charge in [0.25, 0.3) is 0 Å². The third kappa shape index (κ3) is 4.43. The zero-order valence-corrected chi connectivity index (χ0v) is 15.3. The molecule has 3 aromatic rings. The maximum absolute atomic E-state index is 13.0. The molecule has 25 heavy (non-hydrogen) atoms. The number of carbonyl (C=O) groups excluding carboxylic acids is 1. The summed E-state index contributed by atoms with van der Waals surface area (Å²) in [7, 11) is 0. The Kier molecular flexibility index (Phi) is 5.44. The molecule has 0 aliphatic carbocycles. The van der Waals surface area contributed by atoms with Gasteiger partial charge in [-0.2, -0.15) is 0 Å². The number of nitrogens with zero attached hydrogens (tertiary/aromatic N) is 4. The summed E-state index contributed by atoms with van der Waals surface area (Å²) in [4.78, 5) is 16.5. The van der Waals surface area contributed by atoms with Crippen LogP contribution in [0.25, 0.3) is 11.3 Å². The molecule has 0 spiro atoms. The van der Waals surface area contributed by atoms with Gasteiger partial charge in [-0.25, -0.2) is 9.37 Å². The van der Waals surface area contributed by atoms with Crippen molar-refractivity contribution in [1.29, 1.82) is 0 Å². The van der Waals surface area contributed by atoms with E-state index in [1.807, 2.05) is 23.8 Å². The van der Waals surface area contributed by atoms with Crippen LogP contribution in [0.1, 0.15) is 19.9 Å². The summed E-state index contributed by atoms with van der Waals surface area (Å²) in [6.07, 6.45) is 1.65. The Labute approximate surface area is 152 Å². The lowest BCUT2D eigenvalue weighted by Crippen LogP contribution is -2.14. The number of rotatable bonds is 6. The van der Waals surface area contributed by atoms with Gasteiger partial charge < -0.3 is 9.88 Å². The number of hydrogen-bond acceptors (Lipinski definition) is 6. The lowest BCUT2D eigenvalue weighted by molar-refractivity contribution is -0.113. The molecule has 0 atom stereocenters. The second kappa shape index (κ2) is 7.75. The molecular formula is C16H16FN5OS2. The fourth-order valence-corrected chi connectivity index (χ4v) is 3.64. The maximum Gasteiger partial charge on any atom is 0.236 e. The van der Waals surface area contributed by atoms with E-state index in [1.54, 1.807) is 18.5 Å². The smallest absolute Gasteiger partial charge is 0.236 e. The van der Waals surface area contributed by atoms with Crippen LogP contribution in [0.5, 0.6) is 0 Å². The highest BCUT2D eigenvalue weighted by molar-refractivity contribution is 7.99. The standard InChI is InChI=1S/C16H16FN5OS2/c1-10(2)22-9-18-21-16(22)25-8-14(23)20-15-19-13(7-24-15)11-3-5-12(17)6-4-11/h3-7,9-10H,8H2,1-2H3,(H,19,20,23). The van der Waals surface area contributed by atoms with E-state index >= 15 is 0 Å². The zero-order valence-electron chi connectivity index (χ0n) is 13.6. The average Bonchev–Trinajstić information content (AvgIpc) is 3.23. The van der Waals surface area contributed by atoms with Crippen LogP contribution >= 0.6 is 23.1 Å². The normalized spacial score (nSPS) is 11.0. The first-order valence-electron chi connectivity index (χ1n) is 7.56. The number of amides is 1. The molecule has 0 bridgehead atoms. The van der Waals surface area contributed by atoms with Crippen molar-refractivity contribution in [1.82, 2.24) is 19.7 Å². The number of carbonyl (C=O) groups is 1. The van der Waals surface area contributed by atoms with Gasteiger partial charge in [0.1, 0.15) is 12.1 Å². The summed E-state index contributed by atoms with van der Waals surface area (Å²) in [5.74, 6) is -0.237. The lowest BCUT2D eigenvalue weighted by Gasteiger charge is -2.08. The van der Waals surface area contributed by atoms with Crippen molar-refractivity contribution >= 4 is 34.1 Å². The Morgan fingerprint density at radius 2 is 2.12 bits per heavy atom. The number of nitrogens with one attached hydrogen (secondary N) is 1. The van der Waals surface area contributed by atoms with Crippen LogP contribution < -0.4 is 5.32 Å². The third-order valence-electron chi connectivity index (χ3n) is 3.32. The Hall–Kier alpha value is -2.26. The van der Waals surface area contributed by atoms with Crippen molar-refractivity contribution < 1.29 is 9.18 Å². The number of thiazole rings is 1. The predicted octanol–water partition coefficient (Wildman–Crippen LogP) is 3.85. The van der Waals surface area contributed by atoms with E-state index in [0.717, 1.165) is 5.56 Å². The molecule has 0 radical (unpaired) electrons. The van der Waals surface area contributed by atoms with Gasteiger partial charge in [-0.05, 0) is 38.1 Å². The Bertz CT molecular complexity index is 860. The number of halogens is 1. The van der Waals surface area contributed by atoms with Crippen LogP contribution in [0.15, 0.2) is 41.1 Å². The summed E-state index contributed by atoms with van der Waals surface area (Å²) in [6, 6.07) is 6.32. The van der Waals surface area contributed by atoms with Gasteiger partial charge in [-0.15, -0.1) is 21.5 Å². The first-order chi connectivity index (χ1) is 12.0. The maximum atomic E-state index is 13.0. The van der Waals surface area contributed by atoms with Crippen LogP contribution in [0.3, 0.4) is 0 Å². The summed E-state index contributed by atoms with van der Waals surface area (Å²) in [6.45, 7) is 4.06. The molecule has 2 aromatic heterocycles. The molecule has 1 amide bonds. The summed E-state index contributed by atoms with van der Waals surface area (Å²) < 4.78 is 14.9. The van der Waals surface area contributed by atoms with Crippen molar-refractivity contribution in [3.63, 3.8) is 0 Å². The van der Waals surface area contributed by atoms with Crippen LogP contribution in [0, 0.1) is 5.82 Å². The van der Waals surface area contributed by atoms with Crippen molar-refractivity contribution in [3.05, 3.63) is 41.8 Å². The second-order valence-corrected chi connectivity index (χ2v) is 7.30. The number of thioether (sulfide) groups is 1. The molecular weight excluding hydrogens is 361 g/mol. The number of anilines is 1. The first-order valence-corrected chi connectivity index (χ1v) is 9.43. The van der Waals surface area contributed by atoms with E-state index < -0.39 is 0 Å². The molecule has 130 valence electrons. The van der Waals surface area contributed by atoms with Crippen LogP contribution in [0.4, 0.5) is 9.52 Å². The lowest BCUT2D eigenvalue weighted by atomic mass is 10.2. The third-order valence-corrected chi connectivity index (χ3v) is 5.03. The van der Waals surface area contributed by atoms with Crippen molar-refractivity contribution in [2.75, 3.05) is 11.1 Å². The molecule has 0 saturated heterocycles. The minimum atomic E-state index is -0.293. The fourth-order valence-electron chi connectivity index (χ4n) is 2.06. The molecule has 0 aliphatic rings. The average molecular weight is 377 g/mol. The van der Waals surface area contributed by atoms with E-state index in [-0.39, 0.29) is 23.5 Å². The monoisotopic (exact) mass is 377 g/mol. The highest BCUT2D eigenvalue weighted by atomic mass is 32.2. The van der Waals surface area contributed by atoms with E-state index in [2.05, 4.69) is 20.5 Å². The topological polar surface area (TPSA) is 72.7 Å². The Morgan fingerprint density at radius 1 is 1.36 bits per heavy atom. The molecule has 0 aliphatic heterocycles. The summed E-state index contributed by atoms with van der Waals surface area (Å²) in [5.41, 5.74) is 1.50. The van der Waals surface area contributed by atoms with Gasteiger partial charge in [0, 0.05) is 17.0 Å². The summed E-state index contributed by atoms with van der Waals surface area (Å²) in [5, 5.41) is 13.7. The first kappa shape index (κ1) is 17.6. The highest BCUT2D eigenvalue weighted by Gasteiger charge is 2.12. The van der Waals surface area contributed by atoms with Crippen LogP contribution in [-0.4, -0.2) is 31.4 Å². The number of benzene rings is 1. The number of aromatic nitrogens is 4. The van der Waals surface area contributed by atoms with Crippen molar-refractivity contribution in [2.24, 2.45) is 0 Å². The molecule has 0 fully saturated rings. The van der Waals surface area contributed by atoms with E-state index in [4.69, 9.17) is 0 Å². The minimum Gasteiger partial charge on any atom is -0.306 e. The quantitative estimate of drug-likeness (QED) is 0.661. The van der Waals surface area contributed by atoms with Gasteiger partial charge in [-0.1, -0.05) is 11.8 Å². The molecule has 9 heteroatoms. The zero-order chi connectivity index (χ0) is 17.8. The molecule has 0 saturated carbocycles. The van der Waals surface area contributed by atoms with Gasteiger partial charge >= 0.3 is 0 Å². The minimum absolute atomic E-state index is 0.164. The largest absolute Gasteiger partial charge is 0.306 e. The van der Waals surface area contributed by atoms with E-state index in [1.165, 1.54) is 35.2 Å². The molecule has 3 rings (SSSR count). The Morgan fingerprint density at radius 3 is 2.84 bits per heavy atom. The van der Waals surface area contributed by atoms with E-state index in [9.17, 15) is 9.18 Å². The van der Waals surface area contributed by atoms with Crippen molar-refractivity contribution in [3.8, 4) is 11.3 Å². The molecule has 6 nitrogen and oxygen atoms in total. The molecule has 2 heterocycles. The SMILES string of the molecule is CC(C)n1cnnc1SCC(=O)Nc1nc(-c2ccc(F)cc2)cs1. The van der Waals surface area contributed by atoms with Gasteiger partial charge in [-0.3, -0.25) is 4.79 Å². The fraction of sp³-hybridized carbons (Fsp3) is 0.250. The molecule has 1 aromatic carbocycles. The Balaban J connectivity index is 1.58. The van der Waals surface area contributed by atoms with E-state index in [0.29, 0.717) is 16.0 Å². The van der Waals surface area contributed by atoms with Crippen LogP contribution in [-0.2, 0) is 4.79 Å². The van der Waals surface area contributed by atoms with Gasteiger partial charge in [0.15, 0.2) is 10.3 Å². The number of hydrogen-bond donors (Lipinski definition) is 1. The summed E-state index contributed by atoms with van der Waals surface area (Å²) >= 11 is 2.66.